The standard InChI is InChI=1S/C43H39Cl3N6O2/c1-25-6-5-18-52-40(27-9-11-28(44)12-10-27)32-22-30(46)24-34-37(32)38(41(52)36(25)26-7-3-2-4-8-26)39(48-34)42(53)49-33-23-29(45)13-14-35(33)50-19-15-31(16-20-50)51-21-17-47-43(51)54/h2-5,7-14,18,22-25,31,40,48H,6,15-17,19-21H2,1H3,(H,47,54)(H,49,53). The van der Waals surface area contributed by atoms with Gasteiger partial charge in [-0.05, 0) is 89.9 Å². The second-order valence-electron chi connectivity index (χ2n) is 14.6. The SMILES string of the molecule is CC1CC=CN2C(=C1c1ccccc1)c1c(C(=O)Nc3cc(Cl)ccc3N3CCC(N4CCNC4=O)CC3)[nH]c3cc(Cl)cc(c13)C2c1ccc(Cl)cc1. The number of amides is 3. The first-order valence-electron chi connectivity index (χ1n) is 18.5. The normalized spacial score (nSPS) is 20.0. The number of urea groups is 1. The van der Waals surface area contributed by atoms with Crippen molar-refractivity contribution in [3.8, 4) is 0 Å². The highest BCUT2D eigenvalue weighted by Crippen LogP contribution is 2.53. The zero-order chi connectivity index (χ0) is 37.1. The maximum atomic E-state index is 14.9. The average Bonchev–Trinajstić information content (AvgIpc) is 3.73. The highest BCUT2D eigenvalue weighted by Gasteiger charge is 2.40. The molecule has 5 aromatic rings. The van der Waals surface area contributed by atoms with E-state index in [2.05, 4.69) is 81.0 Å². The maximum Gasteiger partial charge on any atom is 0.317 e. The molecule has 9 rings (SSSR count). The third kappa shape index (κ3) is 6.10. The number of benzene rings is 4. The average molecular weight is 778 g/mol. The van der Waals surface area contributed by atoms with Crippen LogP contribution >= 0.6 is 34.8 Å². The van der Waals surface area contributed by atoms with Crippen molar-refractivity contribution < 1.29 is 9.59 Å². The van der Waals surface area contributed by atoms with Crippen molar-refractivity contribution in [1.82, 2.24) is 20.1 Å². The molecule has 0 spiro atoms. The van der Waals surface area contributed by atoms with Crippen molar-refractivity contribution >= 4 is 80.3 Å². The van der Waals surface area contributed by atoms with Crippen molar-refractivity contribution in [3.05, 3.63) is 140 Å². The van der Waals surface area contributed by atoms with E-state index in [0.717, 1.165) is 89.0 Å². The maximum absolute atomic E-state index is 14.9. The van der Waals surface area contributed by atoms with Gasteiger partial charge in [0.2, 0.25) is 0 Å². The highest BCUT2D eigenvalue weighted by atomic mass is 35.5. The zero-order valence-electron chi connectivity index (χ0n) is 29.7. The van der Waals surface area contributed by atoms with Gasteiger partial charge in [-0.2, -0.15) is 0 Å². The number of carbonyl (C=O) groups is 2. The van der Waals surface area contributed by atoms with Crippen LogP contribution in [0.15, 0.2) is 97.2 Å². The van der Waals surface area contributed by atoms with E-state index in [0.29, 0.717) is 33.0 Å². The molecule has 8 nitrogen and oxygen atoms in total. The number of halogens is 3. The summed E-state index contributed by atoms with van der Waals surface area (Å²) in [7, 11) is 0. The smallest absolute Gasteiger partial charge is 0.317 e. The van der Waals surface area contributed by atoms with Gasteiger partial charge in [0.25, 0.3) is 5.91 Å². The molecule has 2 saturated heterocycles. The Kier molecular flexibility index (Phi) is 9.08. The van der Waals surface area contributed by atoms with E-state index >= 15 is 0 Å². The largest absolute Gasteiger partial charge is 0.370 e. The minimum atomic E-state index is -0.277. The number of aromatic nitrogens is 1. The Balaban J connectivity index is 1.18. The topological polar surface area (TPSA) is 83.7 Å². The Hall–Kier alpha value is -4.89. The molecule has 5 heterocycles. The van der Waals surface area contributed by atoms with Crippen molar-refractivity contribution in [2.45, 2.75) is 38.3 Å². The monoisotopic (exact) mass is 776 g/mol. The van der Waals surface area contributed by atoms with Crippen molar-refractivity contribution in [2.24, 2.45) is 5.92 Å². The number of aromatic amines is 1. The second kappa shape index (κ2) is 14.1. The molecule has 0 bridgehead atoms. The summed E-state index contributed by atoms with van der Waals surface area (Å²) in [5, 5.41) is 8.94. The Morgan fingerprint density at radius 2 is 1.63 bits per heavy atom. The van der Waals surface area contributed by atoms with Gasteiger partial charge in [0.05, 0.1) is 23.1 Å². The van der Waals surface area contributed by atoms with Crippen LogP contribution in [0.5, 0.6) is 0 Å². The Bertz CT molecular complexity index is 2350. The minimum absolute atomic E-state index is 0.0155. The van der Waals surface area contributed by atoms with Gasteiger partial charge in [-0.25, -0.2) is 4.79 Å². The summed E-state index contributed by atoms with van der Waals surface area (Å²) in [6, 6.07) is 28.0. The predicted octanol–water partition coefficient (Wildman–Crippen LogP) is 10.2. The van der Waals surface area contributed by atoms with Gasteiger partial charge < -0.3 is 30.3 Å². The summed E-state index contributed by atoms with van der Waals surface area (Å²) < 4.78 is 0. The molecular weight excluding hydrogens is 739 g/mol. The summed E-state index contributed by atoms with van der Waals surface area (Å²) in [5.74, 6) is -0.126. The molecule has 2 atom stereocenters. The first kappa shape index (κ1) is 34.9. The molecular formula is C43H39Cl3N6O2. The molecule has 4 aliphatic heterocycles. The fraction of sp³-hybridized carbons (Fsp3) is 0.256. The Morgan fingerprint density at radius 1 is 0.870 bits per heavy atom. The lowest BCUT2D eigenvalue weighted by Crippen LogP contribution is -2.46. The van der Waals surface area contributed by atoms with E-state index in [-0.39, 0.29) is 29.9 Å². The lowest BCUT2D eigenvalue weighted by Gasteiger charge is -2.39. The molecule has 0 aliphatic carbocycles. The first-order chi connectivity index (χ1) is 26.2. The van der Waals surface area contributed by atoms with E-state index in [1.165, 1.54) is 0 Å². The quantitative estimate of drug-likeness (QED) is 0.160. The van der Waals surface area contributed by atoms with Crippen LogP contribution in [0, 0.1) is 5.92 Å². The Morgan fingerprint density at radius 3 is 2.37 bits per heavy atom. The van der Waals surface area contributed by atoms with Gasteiger partial charge in [0.15, 0.2) is 0 Å². The predicted molar refractivity (Wildman–Crippen MR) is 219 cm³/mol. The molecule has 274 valence electrons. The summed E-state index contributed by atoms with van der Waals surface area (Å²) in [6.45, 7) is 5.17. The number of allylic oxidation sites excluding steroid dienone is 2. The van der Waals surface area contributed by atoms with E-state index in [1.807, 2.05) is 53.4 Å². The molecule has 11 heteroatoms. The number of hydrogen-bond acceptors (Lipinski definition) is 4. The van der Waals surface area contributed by atoms with Crippen LogP contribution < -0.4 is 15.5 Å². The number of carbonyl (C=O) groups excluding carboxylic acids is 2. The zero-order valence-corrected chi connectivity index (χ0v) is 32.0. The molecule has 3 N–H and O–H groups in total. The van der Waals surface area contributed by atoms with Crippen molar-refractivity contribution in [1.29, 1.82) is 0 Å². The summed E-state index contributed by atoms with van der Waals surface area (Å²) in [5.41, 5.74) is 8.90. The Labute approximate surface area is 329 Å². The van der Waals surface area contributed by atoms with Gasteiger partial charge in [-0.1, -0.05) is 90.3 Å². The van der Waals surface area contributed by atoms with Gasteiger partial charge in [-0.15, -0.1) is 0 Å². The molecule has 0 saturated carbocycles. The molecule has 1 aromatic heterocycles. The van der Waals surface area contributed by atoms with Crippen molar-refractivity contribution in [2.75, 3.05) is 36.4 Å². The molecule has 4 aliphatic rings. The molecule has 4 aromatic carbocycles. The van der Waals surface area contributed by atoms with Crippen LogP contribution in [-0.2, 0) is 0 Å². The van der Waals surface area contributed by atoms with Crippen molar-refractivity contribution in [3.63, 3.8) is 0 Å². The molecule has 2 unspecified atom stereocenters. The summed E-state index contributed by atoms with van der Waals surface area (Å²) >= 11 is 19.9. The van der Waals surface area contributed by atoms with E-state index < -0.39 is 0 Å². The van der Waals surface area contributed by atoms with Crippen LogP contribution in [0.2, 0.25) is 15.1 Å². The van der Waals surface area contributed by atoms with Crippen LogP contribution in [0.4, 0.5) is 16.2 Å². The number of rotatable bonds is 6. The number of fused-ring (bicyclic) bond motifs is 2. The van der Waals surface area contributed by atoms with E-state index in [1.54, 1.807) is 0 Å². The third-order valence-corrected chi connectivity index (χ3v) is 12.0. The highest BCUT2D eigenvalue weighted by molar-refractivity contribution is 6.32. The van der Waals surface area contributed by atoms with Crippen LogP contribution in [0.1, 0.15) is 65.0 Å². The van der Waals surface area contributed by atoms with E-state index in [4.69, 9.17) is 34.8 Å². The van der Waals surface area contributed by atoms with E-state index in [9.17, 15) is 9.59 Å². The summed E-state index contributed by atoms with van der Waals surface area (Å²) in [4.78, 5) is 37.4. The minimum Gasteiger partial charge on any atom is -0.370 e. The number of anilines is 2. The molecule has 2 fully saturated rings. The first-order valence-corrected chi connectivity index (χ1v) is 19.6. The lowest BCUT2D eigenvalue weighted by atomic mass is 9.82. The lowest BCUT2D eigenvalue weighted by molar-refractivity contribution is 0.102. The third-order valence-electron chi connectivity index (χ3n) is 11.3. The van der Waals surface area contributed by atoms with Gasteiger partial charge >= 0.3 is 6.03 Å². The fourth-order valence-electron chi connectivity index (χ4n) is 8.87. The number of nitrogens with one attached hydrogen (secondary N) is 3. The number of H-pyrrole nitrogens is 1. The second-order valence-corrected chi connectivity index (χ2v) is 15.9. The summed E-state index contributed by atoms with van der Waals surface area (Å²) in [6.07, 6.45) is 6.89. The fourth-order valence-corrected chi connectivity index (χ4v) is 9.39. The van der Waals surface area contributed by atoms with Crippen LogP contribution in [0.3, 0.4) is 0 Å². The molecule has 0 radical (unpaired) electrons. The molecule has 3 amide bonds. The number of nitrogens with zero attached hydrogens (tertiary/aromatic N) is 3. The molecule has 54 heavy (non-hydrogen) atoms. The van der Waals surface area contributed by atoms with Gasteiger partial charge in [-0.3, -0.25) is 4.79 Å². The number of piperidine rings is 1. The van der Waals surface area contributed by atoms with Crippen LogP contribution in [-0.4, -0.2) is 58.9 Å². The van der Waals surface area contributed by atoms with Gasteiger partial charge in [0.1, 0.15) is 5.69 Å². The van der Waals surface area contributed by atoms with Crippen LogP contribution in [0.25, 0.3) is 22.2 Å². The van der Waals surface area contributed by atoms with Gasteiger partial charge in [0, 0.05) is 70.0 Å². The number of hydrogen-bond donors (Lipinski definition) is 3.